The Morgan fingerprint density at radius 2 is 2.17 bits per heavy atom. The zero-order chi connectivity index (χ0) is 13.3. The average Bonchev–Trinajstić information content (AvgIpc) is 2.30. The van der Waals surface area contributed by atoms with E-state index in [4.69, 9.17) is 0 Å². The fourth-order valence-electron chi connectivity index (χ4n) is 2.19. The summed E-state index contributed by atoms with van der Waals surface area (Å²) in [5.41, 5.74) is 0.392. The fraction of sp³-hybridized carbons (Fsp3) is 0.462. The third-order valence-corrected chi connectivity index (χ3v) is 3.86. The molecule has 18 heavy (non-hydrogen) atoms. The Bertz CT molecular complexity index is 446. The molecule has 2 rings (SSSR count). The van der Waals surface area contributed by atoms with E-state index < -0.39 is 5.82 Å². The van der Waals surface area contributed by atoms with Gasteiger partial charge < -0.3 is 10.2 Å². The predicted octanol–water partition coefficient (Wildman–Crippen LogP) is 2.41. The Hall–Kier alpha value is -0.940. The van der Waals surface area contributed by atoms with Crippen molar-refractivity contribution < 1.29 is 9.18 Å². The molecule has 1 saturated heterocycles. The van der Waals surface area contributed by atoms with Gasteiger partial charge in [-0.15, -0.1) is 0 Å². The summed E-state index contributed by atoms with van der Waals surface area (Å²) in [5, 5.41) is 3.31. The molecule has 98 valence electrons. The second-order valence-corrected chi connectivity index (χ2v) is 5.56. The van der Waals surface area contributed by atoms with Gasteiger partial charge in [-0.3, -0.25) is 4.79 Å². The van der Waals surface area contributed by atoms with Crippen LogP contribution in [-0.2, 0) is 0 Å². The molecule has 0 bridgehead atoms. The molecule has 5 heteroatoms. The molecule has 0 aromatic heterocycles. The number of carbonyl (C=O) groups is 1. The first kappa shape index (κ1) is 13.5. The van der Waals surface area contributed by atoms with Gasteiger partial charge in [-0.2, -0.15) is 0 Å². The van der Waals surface area contributed by atoms with Gasteiger partial charge in [0.25, 0.3) is 5.91 Å². The molecular formula is C13H16BrFN2O. The minimum absolute atomic E-state index is 0.105. The van der Waals surface area contributed by atoms with Crippen molar-refractivity contribution in [3.8, 4) is 0 Å². The lowest BCUT2D eigenvalue weighted by Crippen LogP contribution is -2.57. The average molecular weight is 315 g/mol. The first-order valence-electron chi connectivity index (χ1n) is 5.99. The van der Waals surface area contributed by atoms with Gasteiger partial charge in [0, 0.05) is 35.2 Å². The van der Waals surface area contributed by atoms with Gasteiger partial charge >= 0.3 is 0 Å². The van der Waals surface area contributed by atoms with Crippen LogP contribution < -0.4 is 5.32 Å². The van der Waals surface area contributed by atoms with E-state index in [0.717, 1.165) is 6.54 Å². The van der Waals surface area contributed by atoms with E-state index in [0.29, 0.717) is 16.6 Å². The first-order valence-corrected chi connectivity index (χ1v) is 6.79. The number of nitrogens with one attached hydrogen (secondary N) is 1. The molecule has 0 saturated carbocycles. The lowest BCUT2D eigenvalue weighted by Gasteiger charge is -2.38. The summed E-state index contributed by atoms with van der Waals surface area (Å²) in [6, 6.07) is 4.64. The minimum Gasteiger partial charge on any atom is -0.333 e. The Labute approximate surface area is 114 Å². The number of rotatable bonds is 1. The summed E-state index contributed by atoms with van der Waals surface area (Å²) in [4.78, 5) is 14.2. The Morgan fingerprint density at radius 3 is 2.83 bits per heavy atom. The second-order valence-electron chi connectivity index (χ2n) is 4.64. The molecule has 2 unspecified atom stereocenters. The highest BCUT2D eigenvalue weighted by Crippen LogP contribution is 2.19. The largest absolute Gasteiger partial charge is 0.333 e. The summed E-state index contributed by atoms with van der Waals surface area (Å²) in [6.07, 6.45) is 0. The molecule has 1 N–H and O–H groups in total. The van der Waals surface area contributed by atoms with Crippen molar-refractivity contribution >= 4 is 21.8 Å². The SMILES string of the molecule is CC1NCCN(C(=O)c2cc(F)cc(Br)c2)C1C. The third kappa shape index (κ3) is 2.72. The van der Waals surface area contributed by atoms with Gasteiger partial charge in [0.1, 0.15) is 5.82 Å². The Kier molecular flexibility index (Phi) is 4.02. The summed E-state index contributed by atoms with van der Waals surface area (Å²) in [6.45, 7) is 5.47. The molecule has 0 spiro atoms. The molecule has 0 radical (unpaired) electrons. The van der Waals surface area contributed by atoms with Crippen molar-refractivity contribution in [2.45, 2.75) is 25.9 Å². The number of carbonyl (C=O) groups excluding carboxylic acids is 1. The van der Waals surface area contributed by atoms with E-state index in [-0.39, 0.29) is 18.0 Å². The van der Waals surface area contributed by atoms with Crippen LogP contribution in [0.5, 0.6) is 0 Å². The van der Waals surface area contributed by atoms with Gasteiger partial charge in [0.15, 0.2) is 0 Å². The molecular weight excluding hydrogens is 299 g/mol. The van der Waals surface area contributed by atoms with Crippen molar-refractivity contribution in [3.05, 3.63) is 34.1 Å². The molecule has 1 aliphatic heterocycles. The zero-order valence-electron chi connectivity index (χ0n) is 10.4. The van der Waals surface area contributed by atoms with Crippen LogP contribution in [0.4, 0.5) is 4.39 Å². The van der Waals surface area contributed by atoms with Crippen molar-refractivity contribution in [2.75, 3.05) is 13.1 Å². The molecule has 3 nitrogen and oxygen atoms in total. The fourth-order valence-corrected chi connectivity index (χ4v) is 2.65. The van der Waals surface area contributed by atoms with Crippen molar-refractivity contribution in [1.29, 1.82) is 0 Å². The van der Waals surface area contributed by atoms with Crippen LogP contribution in [0.1, 0.15) is 24.2 Å². The van der Waals surface area contributed by atoms with Gasteiger partial charge in [-0.25, -0.2) is 4.39 Å². The summed E-state index contributed by atoms with van der Waals surface area (Å²) in [5.74, 6) is -0.514. The second kappa shape index (κ2) is 5.36. The van der Waals surface area contributed by atoms with Crippen LogP contribution in [0.2, 0.25) is 0 Å². The lowest BCUT2D eigenvalue weighted by molar-refractivity contribution is 0.0602. The highest BCUT2D eigenvalue weighted by molar-refractivity contribution is 9.10. The minimum atomic E-state index is -0.399. The Balaban J connectivity index is 2.24. The quantitative estimate of drug-likeness (QED) is 0.863. The van der Waals surface area contributed by atoms with E-state index in [9.17, 15) is 9.18 Å². The van der Waals surface area contributed by atoms with Crippen LogP contribution in [0.15, 0.2) is 22.7 Å². The molecule has 1 aromatic rings. The molecule has 0 aliphatic carbocycles. The smallest absolute Gasteiger partial charge is 0.254 e. The van der Waals surface area contributed by atoms with Gasteiger partial charge in [0.2, 0.25) is 0 Å². The molecule has 2 atom stereocenters. The van der Waals surface area contributed by atoms with Gasteiger partial charge in [-0.1, -0.05) is 15.9 Å². The zero-order valence-corrected chi connectivity index (χ0v) is 12.0. The highest BCUT2D eigenvalue weighted by Gasteiger charge is 2.28. The normalized spacial score (nSPS) is 24.1. The van der Waals surface area contributed by atoms with Crippen molar-refractivity contribution in [1.82, 2.24) is 10.2 Å². The maximum atomic E-state index is 13.3. The molecule has 1 heterocycles. The maximum Gasteiger partial charge on any atom is 0.254 e. The standard InChI is InChI=1S/C13H16BrFN2O/c1-8-9(2)17(4-3-16-8)13(18)10-5-11(14)7-12(15)6-10/h5-9,16H,3-4H2,1-2H3. The van der Waals surface area contributed by atoms with E-state index in [1.807, 2.05) is 13.8 Å². The summed E-state index contributed by atoms with van der Waals surface area (Å²) < 4.78 is 13.9. The van der Waals surface area contributed by atoms with Crippen LogP contribution >= 0.6 is 15.9 Å². The number of halogens is 2. The van der Waals surface area contributed by atoms with E-state index in [1.165, 1.54) is 12.1 Å². The number of piperazine rings is 1. The van der Waals surface area contributed by atoms with Crippen molar-refractivity contribution in [2.24, 2.45) is 0 Å². The summed E-state index contributed by atoms with van der Waals surface area (Å²) >= 11 is 3.21. The van der Waals surface area contributed by atoms with Crippen LogP contribution in [0, 0.1) is 5.82 Å². The first-order chi connectivity index (χ1) is 8.49. The molecule has 1 aliphatic rings. The van der Waals surface area contributed by atoms with Gasteiger partial charge in [0.05, 0.1) is 0 Å². The number of benzene rings is 1. The third-order valence-electron chi connectivity index (χ3n) is 3.40. The predicted molar refractivity (Wildman–Crippen MR) is 72.1 cm³/mol. The number of hydrogen-bond acceptors (Lipinski definition) is 2. The number of nitrogens with zero attached hydrogens (tertiary/aromatic N) is 1. The monoisotopic (exact) mass is 314 g/mol. The maximum absolute atomic E-state index is 13.3. The van der Waals surface area contributed by atoms with Gasteiger partial charge in [-0.05, 0) is 32.0 Å². The Morgan fingerprint density at radius 1 is 1.44 bits per heavy atom. The van der Waals surface area contributed by atoms with E-state index in [2.05, 4.69) is 21.2 Å². The van der Waals surface area contributed by atoms with Crippen LogP contribution in [0.25, 0.3) is 0 Å². The topological polar surface area (TPSA) is 32.3 Å². The number of hydrogen-bond donors (Lipinski definition) is 1. The molecule has 1 amide bonds. The van der Waals surface area contributed by atoms with E-state index in [1.54, 1.807) is 11.0 Å². The molecule has 1 aromatic carbocycles. The highest BCUT2D eigenvalue weighted by atomic mass is 79.9. The lowest BCUT2D eigenvalue weighted by atomic mass is 10.1. The van der Waals surface area contributed by atoms with Crippen LogP contribution in [-0.4, -0.2) is 36.0 Å². The van der Waals surface area contributed by atoms with Crippen molar-refractivity contribution in [3.63, 3.8) is 0 Å². The molecule has 1 fully saturated rings. The number of amides is 1. The van der Waals surface area contributed by atoms with Crippen LogP contribution in [0.3, 0.4) is 0 Å². The van der Waals surface area contributed by atoms with E-state index >= 15 is 0 Å². The summed E-state index contributed by atoms with van der Waals surface area (Å²) in [7, 11) is 0.